The SMILES string of the molecule is Cc1cccc(NC(=O)c2cccc(N)c2O)c1C. The van der Waals surface area contributed by atoms with E-state index in [1.165, 1.54) is 6.07 Å². The maximum Gasteiger partial charge on any atom is 0.259 e. The van der Waals surface area contributed by atoms with Gasteiger partial charge < -0.3 is 16.2 Å². The molecule has 0 spiro atoms. The van der Waals surface area contributed by atoms with E-state index < -0.39 is 0 Å². The lowest BCUT2D eigenvalue weighted by molar-refractivity contribution is 0.102. The molecule has 0 aliphatic carbocycles. The van der Waals surface area contributed by atoms with Crippen LogP contribution in [-0.2, 0) is 0 Å². The predicted octanol–water partition coefficient (Wildman–Crippen LogP) is 2.84. The number of carbonyl (C=O) groups is 1. The Balaban J connectivity index is 2.31. The smallest absolute Gasteiger partial charge is 0.259 e. The van der Waals surface area contributed by atoms with E-state index in [1.807, 2.05) is 32.0 Å². The van der Waals surface area contributed by atoms with Crippen LogP contribution in [0.15, 0.2) is 36.4 Å². The van der Waals surface area contributed by atoms with E-state index in [-0.39, 0.29) is 22.9 Å². The van der Waals surface area contributed by atoms with E-state index in [9.17, 15) is 9.90 Å². The summed E-state index contributed by atoms with van der Waals surface area (Å²) in [4.78, 5) is 12.1. The third-order valence-corrected chi connectivity index (χ3v) is 3.16. The van der Waals surface area contributed by atoms with Gasteiger partial charge in [0.2, 0.25) is 0 Å². The lowest BCUT2D eigenvalue weighted by Gasteiger charge is -2.11. The fourth-order valence-electron chi connectivity index (χ4n) is 1.82. The number of phenolic OH excluding ortho intramolecular Hbond substituents is 1. The largest absolute Gasteiger partial charge is 0.505 e. The lowest BCUT2D eigenvalue weighted by Crippen LogP contribution is -2.13. The Labute approximate surface area is 111 Å². The van der Waals surface area contributed by atoms with Crippen molar-refractivity contribution in [2.75, 3.05) is 11.1 Å². The molecular weight excluding hydrogens is 240 g/mol. The molecule has 0 unspecified atom stereocenters. The number of nitrogen functional groups attached to an aromatic ring is 1. The van der Waals surface area contributed by atoms with Crippen LogP contribution in [0.4, 0.5) is 11.4 Å². The number of aromatic hydroxyl groups is 1. The maximum absolute atomic E-state index is 12.1. The van der Waals surface area contributed by atoms with Crippen LogP contribution >= 0.6 is 0 Å². The second-order valence-electron chi connectivity index (χ2n) is 4.45. The van der Waals surface area contributed by atoms with Crippen molar-refractivity contribution in [1.29, 1.82) is 0 Å². The minimum Gasteiger partial charge on any atom is -0.505 e. The molecule has 4 N–H and O–H groups in total. The van der Waals surface area contributed by atoms with E-state index in [4.69, 9.17) is 5.73 Å². The first-order valence-electron chi connectivity index (χ1n) is 5.95. The summed E-state index contributed by atoms with van der Waals surface area (Å²) < 4.78 is 0. The first-order valence-corrected chi connectivity index (χ1v) is 5.95. The number of nitrogens with one attached hydrogen (secondary N) is 1. The highest BCUT2D eigenvalue weighted by atomic mass is 16.3. The average molecular weight is 256 g/mol. The number of amides is 1. The number of phenols is 1. The highest BCUT2D eigenvalue weighted by molar-refractivity contribution is 6.07. The quantitative estimate of drug-likeness (QED) is 0.571. The fourth-order valence-corrected chi connectivity index (χ4v) is 1.82. The van der Waals surface area contributed by atoms with Crippen LogP contribution in [0.1, 0.15) is 21.5 Å². The zero-order valence-corrected chi connectivity index (χ0v) is 10.9. The molecule has 0 fully saturated rings. The number of nitrogens with two attached hydrogens (primary N) is 1. The van der Waals surface area contributed by atoms with Crippen LogP contribution in [0.25, 0.3) is 0 Å². The van der Waals surface area contributed by atoms with E-state index in [0.717, 1.165) is 16.8 Å². The Hall–Kier alpha value is -2.49. The molecule has 0 aliphatic heterocycles. The molecule has 0 bridgehead atoms. The number of rotatable bonds is 2. The number of aryl methyl sites for hydroxylation is 1. The summed E-state index contributed by atoms with van der Waals surface area (Å²) in [7, 11) is 0. The van der Waals surface area contributed by atoms with E-state index in [1.54, 1.807) is 12.1 Å². The van der Waals surface area contributed by atoms with Gasteiger partial charge in [-0.3, -0.25) is 4.79 Å². The summed E-state index contributed by atoms with van der Waals surface area (Å²) >= 11 is 0. The molecular formula is C15H16N2O2. The molecule has 1 amide bonds. The van der Waals surface area contributed by atoms with E-state index in [2.05, 4.69) is 5.32 Å². The second-order valence-corrected chi connectivity index (χ2v) is 4.45. The van der Waals surface area contributed by atoms with Crippen molar-refractivity contribution in [3.8, 4) is 5.75 Å². The standard InChI is InChI=1S/C15H16N2O2/c1-9-5-3-8-13(10(9)2)17-15(19)11-6-4-7-12(16)14(11)18/h3-8,18H,16H2,1-2H3,(H,17,19). The Morgan fingerprint density at radius 2 is 1.84 bits per heavy atom. The normalized spacial score (nSPS) is 10.2. The third kappa shape index (κ3) is 2.52. The van der Waals surface area contributed by atoms with Gasteiger partial charge in [0.25, 0.3) is 5.91 Å². The number of hydrogen-bond donors (Lipinski definition) is 3. The van der Waals surface area contributed by atoms with Crippen molar-refractivity contribution in [3.05, 3.63) is 53.1 Å². The number of anilines is 2. The Morgan fingerprint density at radius 3 is 2.58 bits per heavy atom. The van der Waals surface area contributed by atoms with Gasteiger partial charge in [-0.15, -0.1) is 0 Å². The topological polar surface area (TPSA) is 75.4 Å². The summed E-state index contributed by atoms with van der Waals surface area (Å²) in [6, 6.07) is 10.4. The highest BCUT2D eigenvalue weighted by Crippen LogP contribution is 2.26. The molecule has 0 aliphatic rings. The molecule has 0 radical (unpaired) electrons. The van der Waals surface area contributed by atoms with Crippen molar-refractivity contribution in [3.63, 3.8) is 0 Å². The third-order valence-electron chi connectivity index (χ3n) is 3.16. The molecule has 0 saturated carbocycles. The van der Waals surface area contributed by atoms with E-state index in [0.29, 0.717) is 0 Å². The van der Waals surface area contributed by atoms with Crippen molar-refractivity contribution < 1.29 is 9.90 Å². The molecule has 98 valence electrons. The van der Waals surface area contributed by atoms with Gasteiger partial charge in [0.05, 0.1) is 11.3 Å². The summed E-state index contributed by atoms with van der Waals surface area (Å²) in [6.07, 6.45) is 0. The molecule has 2 rings (SSSR count). The summed E-state index contributed by atoms with van der Waals surface area (Å²) in [5.74, 6) is -0.566. The van der Waals surface area contributed by atoms with Gasteiger partial charge in [0.15, 0.2) is 5.75 Å². The second kappa shape index (κ2) is 5.02. The Kier molecular flexibility index (Phi) is 3.42. The van der Waals surface area contributed by atoms with Crippen LogP contribution < -0.4 is 11.1 Å². The van der Waals surface area contributed by atoms with Gasteiger partial charge in [-0.05, 0) is 43.2 Å². The Bertz CT molecular complexity index is 636. The van der Waals surface area contributed by atoms with Crippen molar-refractivity contribution in [2.24, 2.45) is 0 Å². The molecule has 19 heavy (non-hydrogen) atoms. The maximum atomic E-state index is 12.1. The fraction of sp³-hybridized carbons (Fsp3) is 0.133. The number of para-hydroxylation sites is 1. The molecule has 0 atom stereocenters. The lowest BCUT2D eigenvalue weighted by atomic mass is 10.1. The first kappa shape index (κ1) is 13.0. The van der Waals surface area contributed by atoms with Gasteiger partial charge in [-0.25, -0.2) is 0 Å². The molecule has 4 heteroatoms. The van der Waals surface area contributed by atoms with E-state index >= 15 is 0 Å². The molecule has 0 saturated heterocycles. The van der Waals surface area contributed by atoms with Crippen LogP contribution in [0.5, 0.6) is 5.75 Å². The summed E-state index contributed by atoms with van der Waals surface area (Å²) in [6.45, 7) is 3.91. The summed E-state index contributed by atoms with van der Waals surface area (Å²) in [5.41, 5.74) is 8.75. The van der Waals surface area contributed by atoms with Gasteiger partial charge in [0.1, 0.15) is 0 Å². The van der Waals surface area contributed by atoms with Crippen LogP contribution in [0.2, 0.25) is 0 Å². The van der Waals surface area contributed by atoms with Crippen LogP contribution in [-0.4, -0.2) is 11.0 Å². The minimum atomic E-state index is -0.376. The van der Waals surface area contributed by atoms with Crippen molar-refractivity contribution >= 4 is 17.3 Å². The van der Waals surface area contributed by atoms with Gasteiger partial charge >= 0.3 is 0 Å². The molecule has 2 aromatic rings. The zero-order chi connectivity index (χ0) is 14.0. The number of benzene rings is 2. The van der Waals surface area contributed by atoms with Crippen molar-refractivity contribution in [2.45, 2.75) is 13.8 Å². The number of carbonyl (C=O) groups excluding carboxylic acids is 1. The average Bonchev–Trinajstić information content (AvgIpc) is 2.38. The van der Waals surface area contributed by atoms with Gasteiger partial charge in [-0.1, -0.05) is 18.2 Å². The molecule has 0 aromatic heterocycles. The Morgan fingerprint density at radius 1 is 1.16 bits per heavy atom. The molecule has 0 heterocycles. The highest BCUT2D eigenvalue weighted by Gasteiger charge is 2.14. The van der Waals surface area contributed by atoms with Crippen molar-refractivity contribution in [1.82, 2.24) is 0 Å². The van der Waals surface area contributed by atoms with Gasteiger partial charge in [-0.2, -0.15) is 0 Å². The molecule has 4 nitrogen and oxygen atoms in total. The monoisotopic (exact) mass is 256 g/mol. The van der Waals surface area contributed by atoms with Crippen LogP contribution in [0.3, 0.4) is 0 Å². The minimum absolute atomic E-state index is 0.168. The van der Waals surface area contributed by atoms with Crippen LogP contribution in [0, 0.1) is 13.8 Å². The summed E-state index contributed by atoms with van der Waals surface area (Å²) in [5, 5.41) is 12.6. The number of hydrogen-bond acceptors (Lipinski definition) is 3. The molecule has 2 aromatic carbocycles. The van der Waals surface area contributed by atoms with Gasteiger partial charge in [0, 0.05) is 5.69 Å². The zero-order valence-electron chi connectivity index (χ0n) is 10.9. The first-order chi connectivity index (χ1) is 9.00. The predicted molar refractivity (Wildman–Crippen MR) is 76.4 cm³/mol.